The molecule has 1 aromatic carbocycles. The molecule has 0 spiro atoms. The summed E-state index contributed by atoms with van der Waals surface area (Å²) in [5, 5.41) is 15.5. The molecule has 1 aromatic heterocycles. The molecule has 0 unspecified atom stereocenters. The Labute approximate surface area is 134 Å². The fourth-order valence-corrected chi connectivity index (χ4v) is 1.81. The van der Waals surface area contributed by atoms with E-state index in [-0.39, 0.29) is 10.8 Å². The number of hydrogen-bond acceptors (Lipinski definition) is 5. The molecule has 1 heterocycles. The third-order valence-corrected chi connectivity index (χ3v) is 2.78. The van der Waals surface area contributed by atoms with Gasteiger partial charge in [0.1, 0.15) is 5.76 Å². The normalized spacial score (nSPS) is 10.5. The fourth-order valence-electron chi connectivity index (χ4n) is 1.59. The molecule has 0 bridgehead atoms. The highest BCUT2D eigenvalue weighted by Gasteiger charge is 2.14. The van der Waals surface area contributed by atoms with Crippen molar-refractivity contribution in [1.29, 1.82) is 0 Å². The standard InChI is InChI=1S/C14H10FN3O4S/c15-11-5-3-9(8-12(11)18(20)21)16-14(23)17-13(19)6-4-10-2-1-7-22-10/h1-8H,(H2,16,17,19,23)/b6-4+. The quantitative estimate of drug-likeness (QED) is 0.386. The summed E-state index contributed by atoms with van der Waals surface area (Å²) in [6.07, 6.45) is 4.12. The van der Waals surface area contributed by atoms with Crippen molar-refractivity contribution < 1.29 is 18.5 Å². The van der Waals surface area contributed by atoms with Crippen LogP contribution < -0.4 is 10.6 Å². The number of carbonyl (C=O) groups is 1. The van der Waals surface area contributed by atoms with Crippen LogP contribution in [0.3, 0.4) is 0 Å². The van der Waals surface area contributed by atoms with E-state index >= 15 is 0 Å². The average molecular weight is 335 g/mol. The summed E-state index contributed by atoms with van der Waals surface area (Å²) >= 11 is 4.90. The molecule has 23 heavy (non-hydrogen) atoms. The minimum Gasteiger partial charge on any atom is -0.465 e. The molecule has 2 rings (SSSR count). The van der Waals surface area contributed by atoms with Crippen LogP contribution >= 0.6 is 12.2 Å². The summed E-state index contributed by atoms with van der Waals surface area (Å²) in [5.74, 6) is -0.986. The zero-order chi connectivity index (χ0) is 16.8. The number of nitrogens with zero attached hydrogens (tertiary/aromatic N) is 1. The molecule has 7 nitrogen and oxygen atoms in total. The van der Waals surface area contributed by atoms with Gasteiger partial charge in [-0.25, -0.2) is 0 Å². The zero-order valence-electron chi connectivity index (χ0n) is 11.5. The van der Waals surface area contributed by atoms with E-state index < -0.39 is 22.3 Å². The average Bonchev–Trinajstić information content (AvgIpc) is 3.00. The molecule has 0 aliphatic carbocycles. The van der Waals surface area contributed by atoms with E-state index in [9.17, 15) is 19.3 Å². The largest absolute Gasteiger partial charge is 0.465 e. The maximum Gasteiger partial charge on any atom is 0.306 e. The lowest BCUT2D eigenvalue weighted by molar-refractivity contribution is -0.387. The van der Waals surface area contributed by atoms with Gasteiger partial charge in [0.15, 0.2) is 5.11 Å². The summed E-state index contributed by atoms with van der Waals surface area (Å²) in [7, 11) is 0. The number of hydrogen-bond donors (Lipinski definition) is 2. The van der Waals surface area contributed by atoms with Crippen LogP contribution in [0, 0.1) is 15.9 Å². The van der Waals surface area contributed by atoms with Gasteiger partial charge in [-0.15, -0.1) is 0 Å². The molecule has 0 aliphatic rings. The number of thiocarbonyl (C=S) groups is 1. The van der Waals surface area contributed by atoms with Gasteiger partial charge in [0.05, 0.1) is 11.2 Å². The Hall–Kier alpha value is -3.07. The fraction of sp³-hybridized carbons (Fsp3) is 0. The van der Waals surface area contributed by atoms with Crippen LogP contribution in [-0.4, -0.2) is 15.9 Å². The van der Waals surface area contributed by atoms with Gasteiger partial charge >= 0.3 is 5.69 Å². The number of halogens is 1. The number of anilines is 1. The van der Waals surface area contributed by atoms with E-state index in [0.717, 1.165) is 12.1 Å². The molecule has 1 amide bonds. The second-order valence-corrected chi connectivity index (χ2v) is 4.62. The maximum atomic E-state index is 13.2. The van der Waals surface area contributed by atoms with Crippen LogP contribution in [0.5, 0.6) is 0 Å². The van der Waals surface area contributed by atoms with Gasteiger partial charge in [0, 0.05) is 17.8 Å². The van der Waals surface area contributed by atoms with E-state index in [2.05, 4.69) is 10.6 Å². The van der Waals surface area contributed by atoms with Crippen molar-refractivity contribution in [1.82, 2.24) is 5.32 Å². The number of benzene rings is 1. The lowest BCUT2D eigenvalue weighted by atomic mass is 10.2. The highest BCUT2D eigenvalue weighted by atomic mass is 32.1. The third-order valence-electron chi connectivity index (χ3n) is 2.58. The van der Waals surface area contributed by atoms with E-state index in [4.69, 9.17) is 16.6 Å². The van der Waals surface area contributed by atoms with E-state index in [1.165, 1.54) is 24.5 Å². The maximum absolute atomic E-state index is 13.2. The van der Waals surface area contributed by atoms with Gasteiger partial charge in [-0.05, 0) is 42.6 Å². The molecule has 0 aliphatic heterocycles. The monoisotopic (exact) mass is 335 g/mol. The van der Waals surface area contributed by atoms with Gasteiger partial charge in [-0.2, -0.15) is 4.39 Å². The Bertz CT molecular complexity index is 774. The first-order valence-corrected chi connectivity index (χ1v) is 6.64. The summed E-state index contributed by atoms with van der Waals surface area (Å²) in [6.45, 7) is 0. The summed E-state index contributed by atoms with van der Waals surface area (Å²) in [5.41, 5.74) is -0.514. The van der Waals surface area contributed by atoms with Gasteiger partial charge < -0.3 is 9.73 Å². The number of nitrogens with one attached hydrogen (secondary N) is 2. The van der Waals surface area contributed by atoms with Crippen LogP contribution in [0.1, 0.15) is 5.76 Å². The first kappa shape index (κ1) is 16.3. The summed E-state index contributed by atoms with van der Waals surface area (Å²) in [6, 6.07) is 6.51. The van der Waals surface area contributed by atoms with Crippen molar-refractivity contribution in [2.24, 2.45) is 0 Å². The number of nitro groups is 1. The van der Waals surface area contributed by atoms with Crippen molar-refractivity contribution in [3.63, 3.8) is 0 Å². The summed E-state index contributed by atoms with van der Waals surface area (Å²) < 4.78 is 18.2. The molecule has 0 saturated heterocycles. The minimum absolute atomic E-state index is 0.0833. The smallest absolute Gasteiger partial charge is 0.306 e. The molecule has 0 saturated carbocycles. The number of rotatable bonds is 4. The van der Waals surface area contributed by atoms with Crippen molar-refractivity contribution >= 4 is 40.7 Å². The molecule has 9 heteroatoms. The van der Waals surface area contributed by atoms with Crippen LogP contribution in [0.25, 0.3) is 6.08 Å². The number of amides is 1. The summed E-state index contributed by atoms with van der Waals surface area (Å²) in [4.78, 5) is 21.4. The second-order valence-electron chi connectivity index (χ2n) is 4.22. The van der Waals surface area contributed by atoms with Gasteiger partial charge in [-0.1, -0.05) is 0 Å². The second kappa shape index (κ2) is 7.27. The zero-order valence-corrected chi connectivity index (χ0v) is 12.3. The molecular formula is C14H10FN3O4S. The molecule has 0 radical (unpaired) electrons. The first-order valence-electron chi connectivity index (χ1n) is 6.23. The van der Waals surface area contributed by atoms with Crippen LogP contribution in [0.4, 0.5) is 15.8 Å². The Morgan fingerprint density at radius 2 is 2.17 bits per heavy atom. The molecule has 2 N–H and O–H groups in total. The lowest BCUT2D eigenvalue weighted by Gasteiger charge is -2.08. The Morgan fingerprint density at radius 3 is 2.83 bits per heavy atom. The lowest BCUT2D eigenvalue weighted by Crippen LogP contribution is -2.32. The predicted octanol–water partition coefficient (Wildman–Crippen LogP) is 2.85. The highest BCUT2D eigenvalue weighted by Crippen LogP contribution is 2.21. The van der Waals surface area contributed by atoms with Crippen molar-refractivity contribution in [3.05, 3.63) is 64.4 Å². The van der Waals surface area contributed by atoms with Crippen molar-refractivity contribution in [2.45, 2.75) is 0 Å². The molecule has 2 aromatic rings. The van der Waals surface area contributed by atoms with Crippen LogP contribution in [-0.2, 0) is 4.79 Å². The van der Waals surface area contributed by atoms with Crippen molar-refractivity contribution in [2.75, 3.05) is 5.32 Å². The Balaban J connectivity index is 1.95. The van der Waals surface area contributed by atoms with E-state index in [1.54, 1.807) is 12.1 Å². The van der Waals surface area contributed by atoms with Gasteiger partial charge in [-0.3, -0.25) is 20.2 Å². The topological polar surface area (TPSA) is 97.4 Å². The van der Waals surface area contributed by atoms with Gasteiger partial charge in [0.25, 0.3) is 0 Å². The Morgan fingerprint density at radius 1 is 1.39 bits per heavy atom. The first-order chi connectivity index (χ1) is 11.0. The van der Waals surface area contributed by atoms with Gasteiger partial charge in [0.2, 0.25) is 11.7 Å². The molecule has 0 fully saturated rings. The number of carbonyl (C=O) groups excluding carboxylic acids is 1. The highest BCUT2D eigenvalue weighted by molar-refractivity contribution is 7.80. The van der Waals surface area contributed by atoms with Crippen molar-refractivity contribution in [3.8, 4) is 0 Å². The number of furan rings is 1. The van der Waals surface area contributed by atoms with Crippen LogP contribution in [0.15, 0.2) is 47.1 Å². The molecular weight excluding hydrogens is 325 g/mol. The molecule has 118 valence electrons. The SMILES string of the molecule is O=C(/C=C/c1ccco1)NC(=S)Nc1ccc(F)c([N+](=O)[O-])c1. The van der Waals surface area contributed by atoms with E-state index in [1.807, 2.05) is 0 Å². The van der Waals surface area contributed by atoms with Crippen LogP contribution in [0.2, 0.25) is 0 Å². The molecule has 0 atom stereocenters. The third kappa shape index (κ3) is 4.71. The number of nitro benzene ring substituents is 1. The predicted molar refractivity (Wildman–Crippen MR) is 85.2 cm³/mol. The minimum atomic E-state index is -0.961. The Kier molecular flexibility index (Phi) is 5.15. The van der Waals surface area contributed by atoms with E-state index in [0.29, 0.717) is 5.76 Å².